The van der Waals surface area contributed by atoms with Gasteiger partial charge in [-0.15, -0.1) is 0 Å². The van der Waals surface area contributed by atoms with Crippen LogP contribution in [-0.4, -0.2) is 12.6 Å². The molecule has 0 amide bonds. The number of rotatable bonds is 2. The molecular weight excluding hydrogens is 338 g/mol. The van der Waals surface area contributed by atoms with Crippen LogP contribution in [0.2, 0.25) is 0 Å². The molecule has 160 valence electrons. The zero-order valence-electron chi connectivity index (χ0n) is 19.3. The molecule has 1 heterocycles. The Labute approximate surface area is 175 Å². The molecule has 4 aliphatic carbocycles. The molecule has 1 saturated heterocycles. The van der Waals surface area contributed by atoms with Crippen LogP contribution in [0.3, 0.4) is 0 Å². The number of nitrogens with one attached hydrogen (secondary N) is 1. The van der Waals surface area contributed by atoms with E-state index in [1.165, 1.54) is 38.6 Å². The maximum absolute atomic E-state index is 3.94. The summed E-state index contributed by atoms with van der Waals surface area (Å²) in [6, 6.07) is 0.795. The fourth-order valence-electron chi connectivity index (χ4n) is 9.73. The minimum Gasteiger partial charge on any atom is -0.313 e. The molecule has 11 atom stereocenters. The van der Waals surface area contributed by atoms with Gasteiger partial charge in [0.05, 0.1) is 0 Å². The summed E-state index contributed by atoms with van der Waals surface area (Å²) in [5.74, 6) is 9.08. The van der Waals surface area contributed by atoms with Crippen LogP contribution in [0.25, 0.3) is 0 Å². The summed E-state index contributed by atoms with van der Waals surface area (Å²) in [6.07, 6.45) is 16.9. The van der Waals surface area contributed by atoms with Crippen molar-refractivity contribution in [3.63, 3.8) is 0 Å². The van der Waals surface area contributed by atoms with Crippen molar-refractivity contribution in [3.8, 4) is 0 Å². The molecule has 0 aromatic rings. The van der Waals surface area contributed by atoms with E-state index in [1.54, 1.807) is 38.5 Å². The highest BCUT2D eigenvalue weighted by atomic mass is 14.9. The van der Waals surface area contributed by atoms with Gasteiger partial charge in [-0.2, -0.15) is 0 Å². The largest absolute Gasteiger partial charge is 0.313 e. The summed E-state index contributed by atoms with van der Waals surface area (Å²) in [6.45, 7) is 11.7. The van der Waals surface area contributed by atoms with Crippen LogP contribution < -0.4 is 5.32 Å². The van der Waals surface area contributed by atoms with Gasteiger partial charge in [0.25, 0.3) is 0 Å². The third-order valence-corrected chi connectivity index (χ3v) is 11.5. The number of fused-ring (bicyclic) bond motifs is 5. The second kappa shape index (κ2) is 7.58. The Kier molecular flexibility index (Phi) is 5.39. The highest BCUT2D eigenvalue weighted by Crippen LogP contribution is 2.66. The van der Waals surface area contributed by atoms with Gasteiger partial charge in [0.2, 0.25) is 0 Å². The molecule has 1 heteroatoms. The van der Waals surface area contributed by atoms with Crippen LogP contribution in [-0.2, 0) is 0 Å². The van der Waals surface area contributed by atoms with Crippen molar-refractivity contribution < 1.29 is 0 Å². The molecule has 5 rings (SSSR count). The molecule has 1 aliphatic heterocycles. The molecule has 28 heavy (non-hydrogen) atoms. The predicted octanol–water partition coefficient (Wildman–Crippen LogP) is 6.92. The van der Waals surface area contributed by atoms with Gasteiger partial charge in [-0.25, -0.2) is 0 Å². The lowest BCUT2D eigenvalue weighted by molar-refractivity contribution is -0.0315. The second-order valence-electron chi connectivity index (χ2n) is 12.5. The van der Waals surface area contributed by atoms with E-state index in [-0.39, 0.29) is 0 Å². The molecule has 5 fully saturated rings. The van der Waals surface area contributed by atoms with Gasteiger partial charge >= 0.3 is 0 Å². The first-order valence-corrected chi connectivity index (χ1v) is 13.2. The maximum Gasteiger partial charge on any atom is 0.00956 e. The van der Waals surface area contributed by atoms with E-state index in [2.05, 4.69) is 33.0 Å². The third-order valence-electron chi connectivity index (χ3n) is 11.5. The van der Waals surface area contributed by atoms with Crippen LogP contribution in [0.5, 0.6) is 0 Å². The van der Waals surface area contributed by atoms with Gasteiger partial charge in [-0.1, -0.05) is 40.5 Å². The van der Waals surface area contributed by atoms with Crippen LogP contribution >= 0.6 is 0 Å². The van der Waals surface area contributed by atoms with Gasteiger partial charge in [-0.3, -0.25) is 0 Å². The molecule has 0 radical (unpaired) electrons. The predicted molar refractivity (Wildman–Crippen MR) is 119 cm³/mol. The number of piperidine rings is 1. The lowest BCUT2D eigenvalue weighted by Gasteiger charge is -2.53. The molecule has 1 N–H and O–H groups in total. The topological polar surface area (TPSA) is 12.0 Å². The lowest BCUT2D eigenvalue weighted by atomic mass is 9.52. The molecule has 0 bridgehead atoms. The smallest absolute Gasteiger partial charge is 0.00956 e. The number of hydrogen-bond acceptors (Lipinski definition) is 1. The average Bonchev–Trinajstić information content (AvgIpc) is 3.09. The van der Waals surface area contributed by atoms with Crippen molar-refractivity contribution in [1.29, 1.82) is 0 Å². The summed E-state index contributed by atoms with van der Waals surface area (Å²) >= 11 is 0. The quantitative estimate of drug-likeness (QED) is 0.544. The Morgan fingerprint density at radius 3 is 2.46 bits per heavy atom. The first kappa shape index (κ1) is 19.9. The van der Waals surface area contributed by atoms with Crippen molar-refractivity contribution in [2.24, 2.45) is 58.7 Å². The van der Waals surface area contributed by atoms with Gasteiger partial charge < -0.3 is 5.32 Å². The fraction of sp³-hybridized carbons (Fsp3) is 1.00. The van der Waals surface area contributed by atoms with E-state index in [4.69, 9.17) is 0 Å². The molecule has 4 saturated carbocycles. The van der Waals surface area contributed by atoms with E-state index < -0.39 is 0 Å². The second-order valence-corrected chi connectivity index (χ2v) is 12.5. The molecule has 0 spiro atoms. The Morgan fingerprint density at radius 2 is 1.68 bits per heavy atom. The molecule has 0 aromatic carbocycles. The first-order valence-electron chi connectivity index (χ1n) is 13.2. The van der Waals surface area contributed by atoms with Crippen molar-refractivity contribution in [1.82, 2.24) is 5.32 Å². The van der Waals surface area contributed by atoms with Crippen molar-refractivity contribution in [2.75, 3.05) is 6.54 Å². The Balaban J connectivity index is 1.30. The summed E-state index contributed by atoms with van der Waals surface area (Å²) in [7, 11) is 0. The molecule has 1 unspecified atom stereocenters. The molecule has 0 aromatic heterocycles. The summed E-state index contributed by atoms with van der Waals surface area (Å²) in [5, 5.41) is 3.94. The normalized spacial score (nSPS) is 55.1. The van der Waals surface area contributed by atoms with Crippen molar-refractivity contribution in [3.05, 3.63) is 0 Å². The zero-order valence-corrected chi connectivity index (χ0v) is 19.3. The van der Waals surface area contributed by atoms with Gasteiger partial charge in [0, 0.05) is 6.04 Å². The Bertz CT molecular complexity index is 548. The highest BCUT2D eigenvalue weighted by Gasteiger charge is 2.58. The molecule has 1 nitrogen and oxygen atoms in total. The van der Waals surface area contributed by atoms with Crippen molar-refractivity contribution in [2.45, 2.75) is 104 Å². The van der Waals surface area contributed by atoms with Crippen LogP contribution in [0.1, 0.15) is 98.3 Å². The number of hydrogen-bond donors (Lipinski definition) is 1. The summed E-state index contributed by atoms with van der Waals surface area (Å²) < 4.78 is 0. The van der Waals surface area contributed by atoms with Gasteiger partial charge in [-0.05, 0) is 123 Å². The lowest BCUT2D eigenvalue weighted by Crippen LogP contribution is -2.47. The minimum absolute atomic E-state index is 0.709. The third kappa shape index (κ3) is 3.12. The summed E-state index contributed by atoms with van der Waals surface area (Å²) in [5.41, 5.74) is 0.709. The first-order chi connectivity index (χ1) is 13.5. The molecule has 5 aliphatic rings. The van der Waals surface area contributed by atoms with E-state index in [0.29, 0.717) is 5.41 Å². The van der Waals surface area contributed by atoms with E-state index >= 15 is 0 Å². The van der Waals surface area contributed by atoms with E-state index in [9.17, 15) is 0 Å². The zero-order chi connectivity index (χ0) is 19.5. The fourth-order valence-corrected chi connectivity index (χ4v) is 9.73. The average molecular weight is 386 g/mol. The monoisotopic (exact) mass is 385 g/mol. The standard InChI is InChI=1S/C27H47N/c1-17-8-13-26(28-16-17)19(3)21-11-12-22-23-10-9-20-7-5-6-14-27(20,4)25(23)15-24(22)18(21)2/h17-26,28H,5-16H2,1-4H3/t17-,18-,19-,20+,21?,22-,23-,24-,25-,26+,27-/m0/s1. The Hall–Kier alpha value is -0.0400. The van der Waals surface area contributed by atoms with Crippen molar-refractivity contribution >= 4 is 0 Å². The van der Waals surface area contributed by atoms with Crippen LogP contribution in [0, 0.1) is 58.7 Å². The van der Waals surface area contributed by atoms with E-state index in [0.717, 1.165) is 59.3 Å². The minimum atomic E-state index is 0.709. The Morgan fingerprint density at radius 1 is 0.857 bits per heavy atom. The van der Waals surface area contributed by atoms with E-state index in [1.807, 2.05) is 0 Å². The maximum atomic E-state index is 3.94. The SMILES string of the molecule is C[C@H]1CC[C@H]([C@@H](C)C2CC[C@@H]3[C@@H](C[C@H]4[C@H]3CC[C@H]3CCCC[C@@]34C)[C@H]2C)NC1. The van der Waals surface area contributed by atoms with Crippen LogP contribution in [0.4, 0.5) is 0 Å². The summed E-state index contributed by atoms with van der Waals surface area (Å²) in [4.78, 5) is 0. The highest BCUT2D eigenvalue weighted by molar-refractivity contribution is 5.07. The van der Waals surface area contributed by atoms with Crippen LogP contribution in [0.15, 0.2) is 0 Å². The molecular formula is C27H47N. The van der Waals surface area contributed by atoms with Gasteiger partial charge in [0.15, 0.2) is 0 Å². The van der Waals surface area contributed by atoms with Gasteiger partial charge in [0.1, 0.15) is 0 Å².